The van der Waals surface area contributed by atoms with E-state index in [-0.39, 0.29) is 23.5 Å². The van der Waals surface area contributed by atoms with Crippen LogP contribution < -0.4 is 29.9 Å². The number of hydrogen-bond donors (Lipinski definition) is 2. The molecule has 1 unspecified atom stereocenters. The van der Waals surface area contributed by atoms with Crippen LogP contribution in [0.4, 0.5) is 5.69 Å². The number of amides is 1. The number of rotatable bonds is 9. The Morgan fingerprint density at radius 3 is 2.09 bits per heavy atom. The standard InChI is InChI=1S/C25H27NO8/c1-14-10-19(27)23(25(29)34-14)18(15-6-8-17(30-2)9-7-15)13-22(28)26-16-11-20(31-3)24(33-5)21(12-16)32-4/h6-12,18,27H,13H2,1-5H3,(H,26,28). The molecule has 180 valence electrons. The number of aromatic hydroxyl groups is 1. The Bertz CT molecular complexity index is 1190. The van der Waals surface area contributed by atoms with Gasteiger partial charge in [-0.25, -0.2) is 4.79 Å². The van der Waals surface area contributed by atoms with E-state index in [1.165, 1.54) is 34.5 Å². The minimum atomic E-state index is -0.773. The molecule has 0 aliphatic rings. The lowest BCUT2D eigenvalue weighted by molar-refractivity contribution is -0.116. The summed E-state index contributed by atoms with van der Waals surface area (Å²) in [6.07, 6.45) is -0.148. The first-order chi connectivity index (χ1) is 16.3. The molecule has 0 aliphatic heterocycles. The van der Waals surface area contributed by atoms with Crippen molar-refractivity contribution in [2.45, 2.75) is 19.3 Å². The van der Waals surface area contributed by atoms with Crippen LogP contribution in [-0.2, 0) is 4.79 Å². The normalized spacial score (nSPS) is 11.4. The number of nitrogens with one attached hydrogen (secondary N) is 1. The molecule has 9 heteroatoms. The molecule has 1 amide bonds. The fourth-order valence-electron chi connectivity index (χ4n) is 3.70. The molecule has 2 aromatic carbocycles. The molecule has 0 aliphatic carbocycles. The first-order valence-corrected chi connectivity index (χ1v) is 10.4. The van der Waals surface area contributed by atoms with E-state index in [0.29, 0.717) is 34.2 Å². The zero-order valence-corrected chi connectivity index (χ0v) is 19.6. The molecule has 0 spiro atoms. The molecule has 2 N–H and O–H groups in total. The molecule has 3 rings (SSSR count). The van der Waals surface area contributed by atoms with E-state index in [1.807, 2.05) is 0 Å². The summed E-state index contributed by atoms with van der Waals surface area (Å²) in [5, 5.41) is 13.3. The van der Waals surface area contributed by atoms with Crippen LogP contribution >= 0.6 is 0 Å². The van der Waals surface area contributed by atoms with Gasteiger partial charge in [0.15, 0.2) is 11.5 Å². The number of benzene rings is 2. The van der Waals surface area contributed by atoms with Crippen LogP contribution in [0, 0.1) is 6.92 Å². The summed E-state index contributed by atoms with van der Waals surface area (Å²) in [5.41, 5.74) is 0.329. The highest BCUT2D eigenvalue weighted by atomic mass is 16.5. The third-order valence-corrected chi connectivity index (χ3v) is 5.29. The molecule has 0 saturated carbocycles. The molecule has 1 atom stereocenters. The largest absolute Gasteiger partial charge is 0.507 e. The van der Waals surface area contributed by atoms with Gasteiger partial charge >= 0.3 is 5.63 Å². The van der Waals surface area contributed by atoms with Crippen molar-refractivity contribution in [1.29, 1.82) is 0 Å². The van der Waals surface area contributed by atoms with E-state index < -0.39 is 17.5 Å². The van der Waals surface area contributed by atoms with E-state index in [0.717, 1.165) is 0 Å². The first kappa shape index (κ1) is 24.5. The van der Waals surface area contributed by atoms with Crippen molar-refractivity contribution in [2.75, 3.05) is 33.8 Å². The predicted molar refractivity (Wildman–Crippen MR) is 126 cm³/mol. The maximum atomic E-state index is 13.1. The average Bonchev–Trinajstić information content (AvgIpc) is 2.82. The van der Waals surface area contributed by atoms with Crippen molar-refractivity contribution in [3.8, 4) is 28.7 Å². The van der Waals surface area contributed by atoms with E-state index in [9.17, 15) is 14.7 Å². The summed E-state index contributed by atoms with van der Waals surface area (Å²) >= 11 is 0. The molecule has 9 nitrogen and oxygen atoms in total. The van der Waals surface area contributed by atoms with Crippen LogP contribution in [0.2, 0.25) is 0 Å². The number of aryl methyl sites for hydroxylation is 1. The number of methoxy groups -OCH3 is 4. The van der Waals surface area contributed by atoms with E-state index in [1.54, 1.807) is 43.3 Å². The van der Waals surface area contributed by atoms with Crippen LogP contribution in [0.5, 0.6) is 28.7 Å². The average molecular weight is 469 g/mol. The SMILES string of the molecule is COc1ccc(C(CC(=O)Nc2cc(OC)c(OC)c(OC)c2)c2c(O)cc(C)oc2=O)cc1. The molecule has 1 heterocycles. The van der Waals surface area contributed by atoms with E-state index >= 15 is 0 Å². The van der Waals surface area contributed by atoms with Crippen molar-refractivity contribution >= 4 is 11.6 Å². The van der Waals surface area contributed by atoms with Gasteiger partial charge in [0.1, 0.15) is 17.3 Å². The molecule has 0 bridgehead atoms. The van der Waals surface area contributed by atoms with Crippen LogP contribution in [0.15, 0.2) is 51.7 Å². The second-order valence-electron chi connectivity index (χ2n) is 7.44. The minimum absolute atomic E-state index is 0.00388. The van der Waals surface area contributed by atoms with Crippen molar-refractivity contribution in [2.24, 2.45) is 0 Å². The molecular formula is C25H27NO8. The Balaban J connectivity index is 1.97. The Kier molecular flexibility index (Phi) is 7.68. The lowest BCUT2D eigenvalue weighted by Crippen LogP contribution is -2.21. The molecule has 3 aromatic rings. The fourth-order valence-corrected chi connectivity index (χ4v) is 3.70. The van der Waals surface area contributed by atoms with Gasteiger partial charge in [0.2, 0.25) is 11.7 Å². The highest BCUT2D eigenvalue weighted by Crippen LogP contribution is 2.40. The topological polar surface area (TPSA) is 116 Å². The minimum Gasteiger partial charge on any atom is -0.507 e. The summed E-state index contributed by atoms with van der Waals surface area (Å²) in [4.78, 5) is 25.7. The molecule has 1 aromatic heterocycles. The summed E-state index contributed by atoms with van der Waals surface area (Å²) < 4.78 is 26.4. The van der Waals surface area contributed by atoms with Crippen LogP contribution in [0.3, 0.4) is 0 Å². The zero-order chi connectivity index (χ0) is 24.8. The Labute approximate surface area is 196 Å². The Hall–Kier alpha value is -4.14. The first-order valence-electron chi connectivity index (χ1n) is 10.4. The van der Waals surface area contributed by atoms with E-state index in [4.69, 9.17) is 23.4 Å². The second-order valence-corrected chi connectivity index (χ2v) is 7.44. The number of carbonyl (C=O) groups is 1. The van der Waals surface area contributed by atoms with Crippen molar-refractivity contribution in [3.63, 3.8) is 0 Å². The van der Waals surface area contributed by atoms with Gasteiger partial charge in [0.25, 0.3) is 0 Å². The van der Waals surface area contributed by atoms with Crippen LogP contribution in [0.1, 0.15) is 29.2 Å². The third-order valence-electron chi connectivity index (χ3n) is 5.29. The lowest BCUT2D eigenvalue weighted by atomic mass is 9.88. The summed E-state index contributed by atoms with van der Waals surface area (Å²) in [6.45, 7) is 1.56. The maximum Gasteiger partial charge on any atom is 0.343 e. The van der Waals surface area contributed by atoms with Gasteiger partial charge in [-0.1, -0.05) is 12.1 Å². The van der Waals surface area contributed by atoms with Gasteiger partial charge in [0, 0.05) is 36.2 Å². The maximum absolute atomic E-state index is 13.1. The number of carbonyl (C=O) groups excluding carboxylic acids is 1. The summed E-state index contributed by atoms with van der Waals surface area (Å²) in [6, 6.07) is 11.4. The number of ether oxygens (including phenoxy) is 4. The van der Waals surface area contributed by atoms with Gasteiger partial charge < -0.3 is 33.8 Å². The van der Waals surface area contributed by atoms with Crippen molar-refractivity contribution in [3.05, 3.63) is 69.8 Å². The zero-order valence-electron chi connectivity index (χ0n) is 19.6. The third kappa shape index (κ3) is 5.25. The molecule has 0 fully saturated rings. The molecule has 0 saturated heterocycles. The van der Waals surface area contributed by atoms with E-state index in [2.05, 4.69) is 5.32 Å². The summed E-state index contributed by atoms with van der Waals surface area (Å²) in [7, 11) is 5.97. The predicted octanol–water partition coefficient (Wildman–Crippen LogP) is 3.85. The Morgan fingerprint density at radius 1 is 0.971 bits per heavy atom. The van der Waals surface area contributed by atoms with Crippen molar-refractivity contribution in [1.82, 2.24) is 0 Å². The lowest BCUT2D eigenvalue weighted by Gasteiger charge is -2.19. The molecule has 34 heavy (non-hydrogen) atoms. The summed E-state index contributed by atoms with van der Waals surface area (Å²) in [5.74, 6) is 0.600. The van der Waals surface area contributed by atoms with Gasteiger partial charge in [-0.05, 0) is 24.6 Å². The van der Waals surface area contributed by atoms with Gasteiger partial charge in [-0.3, -0.25) is 4.79 Å². The van der Waals surface area contributed by atoms with Crippen LogP contribution in [0.25, 0.3) is 0 Å². The van der Waals surface area contributed by atoms with Crippen molar-refractivity contribution < 1.29 is 33.3 Å². The number of anilines is 1. The quantitative estimate of drug-likeness (QED) is 0.485. The van der Waals surface area contributed by atoms with Gasteiger partial charge in [-0.15, -0.1) is 0 Å². The highest BCUT2D eigenvalue weighted by molar-refractivity contribution is 5.92. The number of hydrogen-bond acceptors (Lipinski definition) is 8. The molecular weight excluding hydrogens is 442 g/mol. The monoisotopic (exact) mass is 469 g/mol. The molecule has 0 radical (unpaired) electrons. The highest BCUT2D eigenvalue weighted by Gasteiger charge is 2.26. The van der Waals surface area contributed by atoms with Gasteiger partial charge in [0.05, 0.1) is 34.0 Å². The Morgan fingerprint density at radius 2 is 1.59 bits per heavy atom. The van der Waals surface area contributed by atoms with Crippen LogP contribution in [-0.4, -0.2) is 39.5 Å². The van der Waals surface area contributed by atoms with Gasteiger partial charge in [-0.2, -0.15) is 0 Å². The second kappa shape index (κ2) is 10.7. The smallest absolute Gasteiger partial charge is 0.343 e. The fraction of sp³-hybridized carbons (Fsp3) is 0.280.